The van der Waals surface area contributed by atoms with E-state index in [-0.39, 0.29) is 10.8 Å². The molecule has 0 spiro atoms. The van der Waals surface area contributed by atoms with E-state index in [1.54, 1.807) is 23.6 Å². The molecule has 4 aromatic rings. The normalized spacial score (nSPS) is 11.9. The van der Waals surface area contributed by atoms with Gasteiger partial charge in [0.15, 0.2) is 11.6 Å². The molecule has 0 bridgehead atoms. The van der Waals surface area contributed by atoms with Gasteiger partial charge in [-0.3, -0.25) is 9.79 Å². The van der Waals surface area contributed by atoms with E-state index in [2.05, 4.69) is 9.98 Å². The van der Waals surface area contributed by atoms with Crippen LogP contribution in [-0.2, 0) is 0 Å². The van der Waals surface area contributed by atoms with Crippen molar-refractivity contribution in [2.45, 2.75) is 6.92 Å². The molecule has 1 aromatic carbocycles. The molecule has 158 valence electrons. The minimum atomic E-state index is -0.594. The van der Waals surface area contributed by atoms with Gasteiger partial charge in [0.25, 0.3) is 5.56 Å². The van der Waals surface area contributed by atoms with Crippen LogP contribution in [0.3, 0.4) is 0 Å². The van der Waals surface area contributed by atoms with Crippen LogP contribution in [0.15, 0.2) is 50.4 Å². The Labute approximate surface area is 188 Å². The molecule has 0 amide bonds. The third kappa shape index (κ3) is 4.25. The molecule has 3 heterocycles. The Kier molecular flexibility index (Phi) is 5.90. The van der Waals surface area contributed by atoms with Crippen molar-refractivity contribution in [3.05, 3.63) is 78.0 Å². The molecule has 4 rings (SSSR count). The monoisotopic (exact) mass is 475 g/mol. The number of nitrogens with zero attached hydrogens (tertiary/aromatic N) is 2. The Morgan fingerprint density at radius 2 is 2.06 bits per heavy atom. The van der Waals surface area contributed by atoms with Gasteiger partial charge >= 0.3 is 5.69 Å². The SMILES string of the molecule is COc1cc(-c2cc3[nH]c(=O)n(/C=C/N=Cc4cc(C)cs4)c(=O)c3s2)c(Cl)cc1F. The van der Waals surface area contributed by atoms with E-state index in [1.807, 2.05) is 18.4 Å². The summed E-state index contributed by atoms with van der Waals surface area (Å²) >= 11 is 8.88. The molecule has 3 aromatic heterocycles. The smallest absolute Gasteiger partial charge is 0.333 e. The molecule has 0 saturated heterocycles. The highest BCUT2D eigenvalue weighted by Crippen LogP contribution is 2.38. The first-order valence-electron chi connectivity index (χ1n) is 8.94. The Balaban J connectivity index is 1.73. The van der Waals surface area contributed by atoms with Crippen LogP contribution in [0.5, 0.6) is 5.75 Å². The first-order valence-corrected chi connectivity index (χ1v) is 11.0. The fourth-order valence-electron chi connectivity index (χ4n) is 2.91. The lowest BCUT2D eigenvalue weighted by Crippen LogP contribution is -2.30. The van der Waals surface area contributed by atoms with Gasteiger partial charge in [0.1, 0.15) is 4.70 Å². The van der Waals surface area contributed by atoms with Crippen LogP contribution in [0.1, 0.15) is 10.4 Å². The summed E-state index contributed by atoms with van der Waals surface area (Å²) in [5, 5.41) is 2.18. The zero-order valence-corrected chi connectivity index (χ0v) is 18.7. The predicted molar refractivity (Wildman–Crippen MR) is 126 cm³/mol. The summed E-state index contributed by atoms with van der Waals surface area (Å²) in [5.74, 6) is -0.555. The number of methoxy groups -OCH3 is 1. The van der Waals surface area contributed by atoms with Gasteiger partial charge in [-0.1, -0.05) is 11.6 Å². The Hall–Kier alpha value is -3.01. The van der Waals surface area contributed by atoms with Crippen molar-refractivity contribution in [1.29, 1.82) is 0 Å². The van der Waals surface area contributed by atoms with E-state index < -0.39 is 17.1 Å². The van der Waals surface area contributed by atoms with Crippen molar-refractivity contribution >= 4 is 56.9 Å². The van der Waals surface area contributed by atoms with Crippen LogP contribution in [0.2, 0.25) is 5.02 Å². The standard InChI is InChI=1S/C21H15ClFN3O3S2/c1-11-5-12(30-10-11)9-24-3-4-26-20(27)19-16(25-21(26)28)8-18(31-19)13-6-17(29-2)15(23)7-14(13)22/h3-10H,1-2H3,(H,25,28)/b4-3+,24-9?. The lowest BCUT2D eigenvalue weighted by atomic mass is 10.1. The second-order valence-electron chi connectivity index (χ2n) is 6.53. The topological polar surface area (TPSA) is 76.5 Å². The molecule has 0 aliphatic rings. The summed E-state index contributed by atoms with van der Waals surface area (Å²) < 4.78 is 20.1. The molecular weight excluding hydrogens is 461 g/mol. The molecule has 0 fully saturated rings. The number of H-pyrrole nitrogens is 1. The molecule has 0 atom stereocenters. The lowest BCUT2D eigenvalue weighted by Gasteiger charge is -2.06. The third-order valence-electron chi connectivity index (χ3n) is 4.37. The fraction of sp³-hybridized carbons (Fsp3) is 0.0952. The number of fused-ring (bicyclic) bond motifs is 1. The maximum atomic E-state index is 13.9. The number of aromatic amines is 1. The van der Waals surface area contributed by atoms with Crippen LogP contribution < -0.4 is 16.0 Å². The zero-order valence-electron chi connectivity index (χ0n) is 16.3. The maximum Gasteiger partial charge on any atom is 0.333 e. The fourth-order valence-corrected chi connectivity index (χ4v) is 5.06. The molecule has 0 unspecified atom stereocenters. The molecule has 10 heteroatoms. The first-order chi connectivity index (χ1) is 14.9. The van der Waals surface area contributed by atoms with Crippen LogP contribution in [0.25, 0.3) is 26.9 Å². The summed E-state index contributed by atoms with van der Waals surface area (Å²) in [4.78, 5) is 33.6. The zero-order chi connectivity index (χ0) is 22.1. The van der Waals surface area contributed by atoms with Crippen LogP contribution in [0, 0.1) is 12.7 Å². The van der Waals surface area contributed by atoms with Gasteiger partial charge in [0.2, 0.25) is 0 Å². The van der Waals surface area contributed by atoms with Gasteiger partial charge in [0, 0.05) is 33.9 Å². The van der Waals surface area contributed by atoms with Crippen molar-refractivity contribution in [2.75, 3.05) is 7.11 Å². The van der Waals surface area contributed by atoms with Crippen molar-refractivity contribution < 1.29 is 9.13 Å². The average Bonchev–Trinajstić information content (AvgIpc) is 3.33. The minimum Gasteiger partial charge on any atom is -0.494 e. The number of hydrogen-bond donors (Lipinski definition) is 1. The summed E-state index contributed by atoms with van der Waals surface area (Å²) in [6.07, 6.45) is 4.34. The molecule has 0 aliphatic carbocycles. The largest absolute Gasteiger partial charge is 0.494 e. The number of halogens is 2. The van der Waals surface area contributed by atoms with Crippen LogP contribution in [0.4, 0.5) is 4.39 Å². The van der Waals surface area contributed by atoms with Gasteiger partial charge in [-0.25, -0.2) is 13.8 Å². The summed E-state index contributed by atoms with van der Waals surface area (Å²) in [6, 6.07) is 6.22. The second kappa shape index (κ2) is 8.62. The number of thiophene rings is 2. The quantitative estimate of drug-likeness (QED) is 0.406. The van der Waals surface area contributed by atoms with Gasteiger partial charge in [0.05, 0.1) is 17.6 Å². The van der Waals surface area contributed by atoms with E-state index in [1.165, 1.54) is 25.6 Å². The molecule has 0 saturated carbocycles. The van der Waals surface area contributed by atoms with E-state index in [9.17, 15) is 14.0 Å². The number of rotatable bonds is 5. The highest BCUT2D eigenvalue weighted by molar-refractivity contribution is 7.22. The summed E-state index contributed by atoms with van der Waals surface area (Å²) in [6.45, 7) is 1.99. The van der Waals surface area contributed by atoms with Crippen molar-refractivity contribution in [3.8, 4) is 16.2 Å². The summed E-state index contributed by atoms with van der Waals surface area (Å²) in [7, 11) is 1.35. The number of aryl methyl sites for hydroxylation is 1. The molecule has 0 aliphatic heterocycles. The maximum absolute atomic E-state index is 13.9. The highest BCUT2D eigenvalue weighted by Gasteiger charge is 2.16. The highest BCUT2D eigenvalue weighted by atomic mass is 35.5. The third-order valence-corrected chi connectivity index (χ3v) is 6.82. The van der Waals surface area contributed by atoms with Gasteiger partial charge < -0.3 is 9.72 Å². The number of aliphatic imine (C=N–C) groups is 1. The number of nitrogens with one attached hydrogen (secondary N) is 1. The van der Waals surface area contributed by atoms with Crippen molar-refractivity contribution in [3.63, 3.8) is 0 Å². The Morgan fingerprint density at radius 3 is 2.77 bits per heavy atom. The van der Waals surface area contributed by atoms with Gasteiger partial charge in [-0.2, -0.15) is 0 Å². The second-order valence-corrected chi connectivity index (χ2v) is 8.93. The van der Waals surface area contributed by atoms with Crippen molar-refractivity contribution in [1.82, 2.24) is 9.55 Å². The van der Waals surface area contributed by atoms with E-state index in [0.717, 1.165) is 32.4 Å². The lowest BCUT2D eigenvalue weighted by molar-refractivity contribution is 0.387. The van der Waals surface area contributed by atoms with Crippen molar-refractivity contribution in [2.24, 2.45) is 4.99 Å². The number of benzene rings is 1. The Bertz CT molecular complexity index is 1460. The van der Waals surface area contributed by atoms with E-state index >= 15 is 0 Å². The number of aromatic nitrogens is 2. The average molecular weight is 476 g/mol. The minimum absolute atomic E-state index is 0.0319. The van der Waals surface area contributed by atoms with Gasteiger partial charge in [-0.05, 0) is 42.1 Å². The van der Waals surface area contributed by atoms with E-state index in [4.69, 9.17) is 16.3 Å². The molecule has 6 nitrogen and oxygen atoms in total. The number of hydrogen-bond acceptors (Lipinski definition) is 6. The predicted octanol–water partition coefficient (Wildman–Crippen LogP) is 5.14. The van der Waals surface area contributed by atoms with Gasteiger partial charge in [-0.15, -0.1) is 22.7 Å². The summed E-state index contributed by atoms with van der Waals surface area (Å²) in [5.41, 5.74) is 0.929. The Morgan fingerprint density at radius 1 is 1.26 bits per heavy atom. The van der Waals surface area contributed by atoms with E-state index in [0.29, 0.717) is 20.7 Å². The molecular formula is C21H15ClFN3O3S2. The first kappa shape index (κ1) is 21.2. The molecule has 1 N–H and O–H groups in total. The molecule has 31 heavy (non-hydrogen) atoms. The molecule has 0 radical (unpaired) electrons. The van der Waals surface area contributed by atoms with Crippen LogP contribution in [-0.4, -0.2) is 22.9 Å². The number of ether oxygens (including phenoxy) is 1. The van der Waals surface area contributed by atoms with Crippen LogP contribution >= 0.6 is 34.3 Å².